The highest BCUT2D eigenvalue weighted by atomic mass is 15.1. The number of pyridine rings is 1. The van der Waals surface area contributed by atoms with Crippen molar-refractivity contribution in [3.63, 3.8) is 0 Å². The zero-order valence-corrected chi connectivity index (χ0v) is 10.1. The topological polar surface area (TPSA) is 31.9 Å². The Balaban J connectivity index is 1.91. The first-order valence-corrected chi connectivity index (χ1v) is 6.21. The van der Waals surface area contributed by atoms with Crippen LogP contribution in [0.3, 0.4) is 0 Å². The molecule has 0 amide bonds. The van der Waals surface area contributed by atoms with Crippen LogP contribution < -0.4 is 0 Å². The molecule has 0 aromatic carbocycles. The van der Waals surface area contributed by atoms with Crippen LogP contribution >= 0.6 is 0 Å². The van der Waals surface area contributed by atoms with Crippen LogP contribution in [0.1, 0.15) is 18.9 Å². The van der Waals surface area contributed by atoms with Gasteiger partial charge in [-0.2, -0.15) is 0 Å². The van der Waals surface area contributed by atoms with Crippen LogP contribution in [0.4, 0.5) is 0 Å². The van der Waals surface area contributed by atoms with Gasteiger partial charge in [0, 0.05) is 30.9 Å². The van der Waals surface area contributed by atoms with Crippen molar-refractivity contribution in [2.75, 3.05) is 19.6 Å². The molecule has 0 radical (unpaired) electrons. The summed E-state index contributed by atoms with van der Waals surface area (Å²) in [4.78, 5) is 10.0. The van der Waals surface area contributed by atoms with Gasteiger partial charge < -0.3 is 4.98 Å². The smallest absolute Gasteiger partial charge is 0.137 e. The minimum absolute atomic E-state index is 0.973. The second-order valence-electron chi connectivity index (χ2n) is 4.51. The molecule has 0 unspecified atom stereocenters. The Hall–Kier alpha value is -1.61. The summed E-state index contributed by atoms with van der Waals surface area (Å²) in [6.07, 6.45) is 7.38. The predicted octanol–water partition coefficient (Wildman–Crippen LogP) is 2.67. The molecule has 1 aliphatic rings. The van der Waals surface area contributed by atoms with Gasteiger partial charge in [0.05, 0.1) is 0 Å². The Labute approximate surface area is 101 Å². The Bertz CT molecular complexity index is 553. The number of rotatable bonds is 2. The quantitative estimate of drug-likeness (QED) is 0.855. The van der Waals surface area contributed by atoms with Gasteiger partial charge in [-0.15, -0.1) is 0 Å². The van der Waals surface area contributed by atoms with E-state index >= 15 is 0 Å². The summed E-state index contributed by atoms with van der Waals surface area (Å²) in [6, 6.07) is 4.31. The number of nitrogens with one attached hydrogen (secondary N) is 1. The van der Waals surface area contributed by atoms with Crippen molar-refractivity contribution in [2.45, 2.75) is 13.3 Å². The standard InChI is InChI=1S/C14H17N3/c1-2-17-7-4-11(5-8-17)13-9-12-3-6-15-14(12)16-10-13/h3-4,6,9-10H,2,5,7-8H2,1H3,(H,15,16). The maximum Gasteiger partial charge on any atom is 0.137 e. The van der Waals surface area contributed by atoms with Gasteiger partial charge in [-0.3, -0.25) is 4.90 Å². The number of aromatic nitrogens is 2. The molecule has 2 aromatic heterocycles. The second-order valence-corrected chi connectivity index (χ2v) is 4.51. The first-order valence-electron chi connectivity index (χ1n) is 6.21. The molecule has 1 aliphatic heterocycles. The monoisotopic (exact) mass is 227 g/mol. The van der Waals surface area contributed by atoms with Gasteiger partial charge in [0.2, 0.25) is 0 Å². The fourth-order valence-corrected chi connectivity index (χ4v) is 2.38. The van der Waals surface area contributed by atoms with Crippen LogP contribution in [0.15, 0.2) is 30.6 Å². The van der Waals surface area contributed by atoms with Crippen molar-refractivity contribution in [1.82, 2.24) is 14.9 Å². The van der Waals surface area contributed by atoms with Crippen LogP contribution in [0, 0.1) is 0 Å². The summed E-state index contributed by atoms with van der Waals surface area (Å²) in [5.41, 5.74) is 3.68. The van der Waals surface area contributed by atoms with Crippen molar-refractivity contribution >= 4 is 16.6 Å². The molecule has 3 heteroatoms. The Kier molecular flexibility index (Phi) is 2.69. The normalized spacial score (nSPS) is 17.4. The molecular weight excluding hydrogens is 210 g/mol. The molecule has 3 heterocycles. The lowest BCUT2D eigenvalue weighted by atomic mass is 10.0. The van der Waals surface area contributed by atoms with Gasteiger partial charge in [-0.05, 0) is 36.2 Å². The Morgan fingerprint density at radius 1 is 1.47 bits per heavy atom. The predicted molar refractivity (Wildman–Crippen MR) is 70.8 cm³/mol. The van der Waals surface area contributed by atoms with E-state index in [4.69, 9.17) is 0 Å². The Morgan fingerprint density at radius 2 is 2.41 bits per heavy atom. The molecule has 3 rings (SSSR count). The third-order valence-electron chi connectivity index (χ3n) is 3.51. The van der Waals surface area contributed by atoms with Crippen LogP contribution in [-0.2, 0) is 0 Å². The third kappa shape index (κ3) is 1.98. The summed E-state index contributed by atoms with van der Waals surface area (Å²) >= 11 is 0. The van der Waals surface area contributed by atoms with Gasteiger partial charge in [-0.25, -0.2) is 4.98 Å². The zero-order valence-electron chi connectivity index (χ0n) is 10.1. The van der Waals surface area contributed by atoms with Gasteiger partial charge in [0.25, 0.3) is 0 Å². The molecule has 0 atom stereocenters. The first-order chi connectivity index (χ1) is 8.36. The first kappa shape index (κ1) is 10.5. The van der Waals surface area contributed by atoms with Gasteiger partial charge in [-0.1, -0.05) is 13.0 Å². The lowest BCUT2D eigenvalue weighted by Gasteiger charge is -2.24. The molecule has 0 bridgehead atoms. The van der Waals surface area contributed by atoms with Crippen LogP contribution in [0.5, 0.6) is 0 Å². The molecule has 0 spiro atoms. The molecular formula is C14H17N3. The average molecular weight is 227 g/mol. The maximum atomic E-state index is 4.45. The number of likely N-dealkylation sites (N-methyl/N-ethyl adjacent to an activating group) is 1. The van der Waals surface area contributed by atoms with E-state index in [-0.39, 0.29) is 0 Å². The minimum atomic E-state index is 0.973. The number of H-pyrrole nitrogens is 1. The number of fused-ring (bicyclic) bond motifs is 1. The summed E-state index contributed by atoms with van der Waals surface area (Å²) < 4.78 is 0. The average Bonchev–Trinajstić information content (AvgIpc) is 2.86. The summed E-state index contributed by atoms with van der Waals surface area (Å²) in [5, 5.41) is 1.20. The van der Waals surface area contributed by atoms with E-state index in [0.717, 1.165) is 31.7 Å². The molecule has 0 fully saturated rings. The van der Waals surface area contributed by atoms with Crippen molar-refractivity contribution in [3.05, 3.63) is 36.2 Å². The van der Waals surface area contributed by atoms with Crippen LogP contribution in [0.2, 0.25) is 0 Å². The summed E-state index contributed by atoms with van der Waals surface area (Å²) in [5.74, 6) is 0. The highest BCUT2D eigenvalue weighted by Gasteiger charge is 2.11. The lowest BCUT2D eigenvalue weighted by molar-refractivity contribution is 0.319. The van der Waals surface area contributed by atoms with Crippen LogP contribution in [-0.4, -0.2) is 34.5 Å². The molecule has 0 aliphatic carbocycles. The maximum absolute atomic E-state index is 4.45. The van der Waals surface area contributed by atoms with Crippen molar-refractivity contribution in [2.24, 2.45) is 0 Å². The lowest BCUT2D eigenvalue weighted by Crippen LogP contribution is -2.28. The number of hydrogen-bond donors (Lipinski definition) is 1. The van der Waals surface area contributed by atoms with Crippen molar-refractivity contribution in [3.8, 4) is 0 Å². The summed E-state index contributed by atoms with van der Waals surface area (Å²) in [7, 11) is 0. The van der Waals surface area contributed by atoms with E-state index in [0.29, 0.717) is 0 Å². The fourth-order valence-electron chi connectivity index (χ4n) is 2.38. The summed E-state index contributed by atoms with van der Waals surface area (Å²) in [6.45, 7) is 5.58. The zero-order chi connectivity index (χ0) is 11.7. The van der Waals surface area contributed by atoms with E-state index in [1.165, 1.54) is 16.5 Å². The minimum Gasteiger partial charge on any atom is -0.346 e. The van der Waals surface area contributed by atoms with Gasteiger partial charge in [0.1, 0.15) is 5.65 Å². The van der Waals surface area contributed by atoms with E-state index < -0.39 is 0 Å². The molecule has 0 saturated carbocycles. The number of aromatic amines is 1. The molecule has 1 N–H and O–H groups in total. The van der Waals surface area contributed by atoms with E-state index in [2.05, 4.69) is 40.0 Å². The highest BCUT2D eigenvalue weighted by molar-refractivity contribution is 5.80. The third-order valence-corrected chi connectivity index (χ3v) is 3.51. The largest absolute Gasteiger partial charge is 0.346 e. The SMILES string of the molecule is CCN1CC=C(c2cnc3[nH]ccc3c2)CC1. The highest BCUT2D eigenvalue weighted by Crippen LogP contribution is 2.23. The molecule has 0 saturated heterocycles. The van der Waals surface area contributed by atoms with Gasteiger partial charge in [0.15, 0.2) is 0 Å². The molecule has 88 valence electrons. The second kappa shape index (κ2) is 4.34. The van der Waals surface area contributed by atoms with Crippen LogP contribution in [0.25, 0.3) is 16.6 Å². The number of hydrogen-bond acceptors (Lipinski definition) is 2. The fraction of sp³-hybridized carbons (Fsp3) is 0.357. The van der Waals surface area contributed by atoms with Gasteiger partial charge >= 0.3 is 0 Å². The number of nitrogens with zero attached hydrogens (tertiary/aromatic N) is 2. The van der Waals surface area contributed by atoms with E-state index in [1.807, 2.05) is 12.4 Å². The van der Waals surface area contributed by atoms with E-state index in [9.17, 15) is 0 Å². The Morgan fingerprint density at radius 3 is 3.18 bits per heavy atom. The van der Waals surface area contributed by atoms with Crippen molar-refractivity contribution in [1.29, 1.82) is 0 Å². The molecule has 2 aromatic rings. The molecule has 3 nitrogen and oxygen atoms in total. The molecule has 17 heavy (non-hydrogen) atoms. The van der Waals surface area contributed by atoms with E-state index in [1.54, 1.807) is 0 Å². The van der Waals surface area contributed by atoms with Crippen molar-refractivity contribution < 1.29 is 0 Å².